The summed E-state index contributed by atoms with van der Waals surface area (Å²) >= 11 is 6.86. The molecule has 1 aliphatic rings. The Kier molecular flexibility index (Phi) is 5.40. The number of hydrogen-bond donors (Lipinski definition) is 0. The Labute approximate surface area is 188 Å². The standard InChI is InChI=1S/C28H24ClNO/c1-2-20-13-15-22(16-14-20)25-26-24(29)17-18-30(19-21-9-5-3-6-10-21)28(26)31-27(25)23-11-7-4-8-12-23/h3-18,24H,2,19H2,1H3. The maximum Gasteiger partial charge on any atom is 0.206 e. The zero-order valence-corrected chi connectivity index (χ0v) is 18.2. The number of anilines is 1. The Bertz CT molecular complexity index is 1190. The third-order valence-electron chi connectivity index (χ3n) is 5.78. The minimum absolute atomic E-state index is 0.246. The topological polar surface area (TPSA) is 16.4 Å². The summed E-state index contributed by atoms with van der Waals surface area (Å²) in [6.07, 6.45) is 5.09. The normalized spacial score (nSPS) is 15.2. The average Bonchev–Trinajstić information content (AvgIpc) is 3.24. The Morgan fingerprint density at radius 3 is 2.16 bits per heavy atom. The zero-order chi connectivity index (χ0) is 21.2. The van der Waals surface area contributed by atoms with Crippen LogP contribution < -0.4 is 4.90 Å². The highest BCUT2D eigenvalue weighted by Gasteiger charge is 2.31. The van der Waals surface area contributed by atoms with Gasteiger partial charge in [0.25, 0.3) is 0 Å². The van der Waals surface area contributed by atoms with Crippen molar-refractivity contribution in [1.82, 2.24) is 0 Å². The lowest BCUT2D eigenvalue weighted by Crippen LogP contribution is -2.19. The van der Waals surface area contributed by atoms with Crippen molar-refractivity contribution >= 4 is 17.5 Å². The number of alkyl halides is 1. The highest BCUT2D eigenvalue weighted by Crippen LogP contribution is 2.50. The fourth-order valence-corrected chi connectivity index (χ4v) is 4.40. The van der Waals surface area contributed by atoms with Crippen LogP contribution in [0.15, 0.2) is 102 Å². The van der Waals surface area contributed by atoms with Gasteiger partial charge < -0.3 is 9.32 Å². The summed E-state index contributed by atoms with van der Waals surface area (Å²) in [6, 6.07) is 29.4. The number of furan rings is 1. The Morgan fingerprint density at radius 1 is 0.806 bits per heavy atom. The van der Waals surface area contributed by atoms with Crippen LogP contribution in [0.4, 0.5) is 5.88 Å². The van der Waals surface area contributed by atoms with Crippen LogP contribution in [0.2, 0.25) is 0 Å². The van der Waals surface area contributed by atoms with Gasteiger partial charge in [0.1, 0.15) is 5.76 Å². The van der Waals surface area contributed by atoms with Crippen LogP contribution >= 0.6 is 11.6 Å². The predicted molar refractivity (Wildman–Crippen MR) is 129 cm³/mol. The van der Waals surface area contributed by atoms with Crippen molar-refractivity contribution in [3.63, 3.8) is 0 Å². The number of fused-ring (bicyclic) bond motifs is 1. The molecule has 0 saturated carbocycles. The summed E-state index contributed by atoms with van der Waals surface area (Å²) in [5, 5.41) is -0.246. The first-order valence-corrected chi connectivity index (χ1v) is 11.1. The van der Waals surface area contributed by atoms with Crippen molar-refractivity contribution in [2.75, 3.05) is 4.90 Å². The number of benzene rings is 3. The lowest BCUT2D eigenvalue weighted by molar-refractivity contribution is 0.568. The third kappa shape index (κ3) is 3.80. The van der Waals surface area contributed by atoms with Crippen LogP contribution in [0.3, 0.4) is 0 Å². The van der Waals surface area contributed by atoms with Gasteiger partial charge in [-0.2, -0.15) is 0 Å². The molecule has 3 aromatic carbocycles. The van der Waals surface area contributed by atoms with E-state index >= 15 is 0 Å². The van der Waals surface area contributed by atoms with Gasteiger partial charge in [-0.05, 0) is 29.2 Å². The maximum absolute atomic E-state index is 6.86. The van der Waals surface area contributed by atoms with Gasteiger partial charge in [0.15, 0.2) is 0 Å². The molecule has 3 heteroatoms. The average molecular weight is 426 g/mol. The minimum atomic E-state index is -0.246. The van der Waals surface area contributed by atoms with E-state index in [1.165, 1.54) is 11.1 Å². The van der Waals surface area contributed by atoms with Crippen molar-refractivity contribution in [2.24, 2.45) is 0 Å². The van der Waals surface area contributed by atoms with Gasteiger partial charge in [-0.25, -0.2) is 0 Å². The minimum Gasteiger partial charge on any atom is -0.439 e. The van der Waals surface area contributed by atoms with Gasteiger partial charge in [-0.3, -0.25) is 0 Å². The van der Waals surface area contributed by atoms with E-state index in [1.807, 2.05) is 36.5 Å². The lowest BCUT2D eigenvalue weighted by atomic mass is 9.94. The molecule has 0 amide bonds. The van der Waals surface area contributed by atoms with Gasteiger partial charge in [0.2, 0.25) is 5.88 Å². The molecule has 0 fully saturated rings. The molecule has 0 aliphatic carbocycles. The summed E-state index contributed by atoms with van der Waals surface area (Å²) in [5.41, 5.74) is 6.82. The molecule has 2 nitrogen and oxygen atoms in total. The molecule has 2 heterocycles. The number of hydrogen-bond acceptors (Lipinski definition) is 2. The summed E-state index contributed by atoms with van der Waals surface area (Å²) in [7, 11) is 0. The largest absolute Gasteiger partial charge is 0.439 e. The fourth-order valence-electron chi connectivity index (χ4n) is 4.14. The molecule has 0 saturated heterocycles. The van der Waals surface area contributed by atoms with Gasteiger partial charge in [0.05, 0.1) is 11.9 Å². The van der Waals surface area contributed by atoms with Crippen molar-refractivity contribution in [2.45, 2.75) is 25.3 Å². The summed E-state index contributed by atoms with van der Waals surface area (Å²) in [4.78, 5) is 2.15. The van der Waals surface area contributed by atoms with E-state index in [1.54, 1.807) is 0 Å². The Balaban J connectivity index is 1.68. The second-order valence-corrected chi connectivity index (χ2v) is 8.27. The summed E-state index contributed by atoms with van der Waals surface area (Å²) < 4.78 is 6.58. The van der Waals surface area contributed by atoms with Crippen LogP contribution in [0, 0.1) is 0 Å². The van der Waals surface area contributed by atoms with E-state index in [4.69, 9.17) is 16.0 Å². The summed E-state index contributed by atoms with van der Waals surface area (Å²) in [6.45, 7) is 2.90. The van der Waals surface area contributed by atoms with E-state index < -0.39 is 0 Å². The van der Waals surface area contributed by atoms with Crippen LogP contribution in [0.1, 0.15) is 29.0 Å². The van der Waals surface area contributed by atoms with Crippen molar-refractivity contribution < 1.29 is 4.42 Å². The molecule has 1 atom stereocenters. The predicted octanol–water partition coefficient (Wildman–Crippen LogP) is 7.99. The van der Waals surface area contributed by atoms with Gasteiger partial charge in [0, 0.05) is 22.9 Å². The smallest absolute Gasteiger partial charge is 0.206 e. The van der Waals surface area contributed by atoms with Gasteiger partial charge in [-0.15, -0.1) is 11.6 Å². The van der Waals surface area contributed by atoms with Gasteiger partial charge >= 0.3 is 0 Å². The van der Waals surface area contributed by atoms with E-state index in [-0.39, 0.29) is 5.38 Å². The first-order chi connectivity index (χ1) is 15.2. The second kappa shape index (κ2) is 8.49. The Morgan fingerprint density at radius 2 is 1.48 bits per heavy atom. The quantitative estimate of drug-likeness (QED) is 0.301. The second-order valence-electron chi connectivity index (χ2n) is 7.80. The SMILES string of the molecule is CCc1ccc(-c2c(-c3ccccc3)oc3c2C(Cl)C=CN3Cc2ccccc2)cc1. The lowest BCUT2D eigenvalue weighted by Gasteiger charge is -2.24. The monoisotopic (exact) mass is 425 g/mol. The molecule has 0 bridgehead atoms. The van der Waals surface area contributed by atoms with Crippen LogP contribution in [-0.4, -0.2) is 0 Å². The molecule has 154 valence electrons. The summed E-state index contributed by atoms with van der Waals surface area (Å²) in [5.74, 6) is 1.68. The van der Waals surface area contributed by atoms with Crippen molar-refractivity contribution in [1.29, 1.82) is 0 Å². The molecule has 1 aromatic heterocycles. The molecule has 4 aromatic rings. The van der Waals surface area contributed by atoms with E-state index in [9.17, 15) is 0 Å². The number of halogens is 1. The molecule has 31 heavy (non-hydrogen) atoms. The van der Waals surface area contributed by atoms with Crippen molar-refractivity contribution in [3.8, 4) is 22.5 Å². The highest BCUT2D eigenvalue weighted by molar-refractivity contribution is 6.23. The van der Waals surface area contributed by atoms with E-state index in [2.05, 4.69) is 72.5 Å². The number of aryl methyl sites for hydroxylation is 1. The van der Waals surface area contributed by atoms with Crippen LogP contribution in [-0.2, 0) is 13.0 Å². The molecule has 5 rings (SSSR count). The zero-order valence-electron chi connectivity index (χ0n) is 17.5. The molecule has 1 unspecified atom stereocenters. The number of rotatable bonds is 5. The van der Waals surface area contributed by atoms with Crippen LogP contribution in [0.5, 0.6) is 0 Å². The van der Waals surface area contributed by atoms with Gasteiger partial charge in [-0.1, -0.05) is 91.9 Å². The van der Waals surface area contributed by atoms with E-state index in [0.717, 1.165) is 46.9 Å². The molecular weight excluding hydrogens is 402 g/mol. The molecule has 0 radical (unpaired) electrons. The number of allylic oxidation sites excluding steroid dienone is 1. The number of nitrogens with zero attached hydrogens (tertiary/aromatic N) is 1. The molecule has 0 spiro atoms. The van der Waals surface area contributed by atoms with E-state index in [0.29, 0.717) is 0 Å². The van der Waals surface area contributed by atoms with Crippen molar-refractivity contribution in [3.05, 3.63) is 114 Å². The molecule has 1 aliphatic heterocycles. The fraction of sp³-hybridized carbons (Fsp3) is 0.143. The third-order valence-corrected chi connectivity index (χ3v) is 6.14. The molecule has 0 N–H and O–H groups in total. The molecular formula is C28H24ClNO. The Hall–Kier alpha value is -3.23. The van der Waals surface area contributed by atoms with Crippen LogP contribution in [0.25, 0.3) is 22.5 Å². The highest BCUT2D eigenvalue weighted by atomic mass is 35.5. The first-order valence-electron chi connectivity index (χ1n) is 10.7. The first kappa shape index (κ1) is 19.7. The maximum atomic E-state index is 6.86.